The molecule has 1 heterocycles. The van der Waals surface area contributed by atoms with Crippen LogP contribution in [0.1, 0.15) is 11.3 Å². The van der Waals surface area contributed by atoms with Crippen LogP contribution in [0.4, 0.5) is 11.5 Å². The summed E-state index contributed by atoms with van der Waals surface area (Å²) in [4.78, 5) is 22.4. The minimum atomic E-state index is -0.465. The van der Waals surface area contributed by atoms with Crippen molar-refractivity contribution in [2.75, 3.05) is 5.32 Å². The topological polar surface area (TPSA) is 90.1 Å². The van der Waals surface area contributed by atoms with Crippen LogP contribution >= 0.6 is 0 Å². The molecule has 3 aromatic rings. The Bertz CT molecular complexity index is 960. The largest absolute Gasteiger partial charge is 0.307 e. The first-order chi connectivity index (χ1) is 12.5. The fourth-order valence-corrected chi connectivity index (χ4v) is 2.40. The highest BCUT2D eigenvalue weighted by Crippen LogP contribution is 2.17. The highest BCUT2D eigenvalue weighted by molar-refractivity contribution is 6.01. The summed E-state index contributed by atoms with van der Waals surface area (Å²) in [7, 11) is 0. The van der Waals surface area contributed by atoms with E-state index in [0.29, 0.717) is 11.4 Å². The number of hydrogen-bond acceptors (Lipinski definition) is 4. The summed E-state index contributed by atoms with van der Waals surface area (Å²) in [6.45, 7) is 1.85. The molecule has 0 aliphatic rings. The van der Waals surface area contributed by atoms with Crippen LogP contribution in [0, 0.1) is 17.0 Å². The van der Waals surface area contributed by atoms with Gasteiger partial charge in [-0.05, 0) is 42.8 Å². The summed E-state index contributed by atoms with van der Waals surface area (Å²) in [5.41, 5.74) is 2.33. The smallest absolute Gasteiger partial charge is 0.269 e. The molecule has 1 amide bonds. The van der Waals surface area contributed by atoms with Crippen molar-refractivity contribution in [1.29, 1.82) is 0 Å². The zero-order chi connectivity index (χ0) is 18.5. The van der Waals surface area contributed by atoms with E-state index in [2.05, 4.69) is 10.4 Å². The van der Waals surface area contributed by atoms with Crippen LogP contribution in [0.15, 0.2) is 66.7 Å². The van der Waals surface area contributed by atoms with E-state index in [1.54, 1.807) is 29.0 Å². The van der Waals surface area contributed by atoms with Crippen molar-refractivity contribution in [3.8, 4) is 5.69 Å². The number of para-hydroxylation sites is 1. The van der Waals surface area contributed by atoms with Gasteiger partial charge in [-0.2, -0.15) is 5.10 Å². The molecule has 0 bridgehead atoms. The SMILES string of the molecule is Cc1cc(NC(=O)/C=C\c2ccc([N+](=O)[O-])cc2)n(-c2ccccc2)n1. The Kier molecular flexibility index (Phi) is 4.89. The number of anilines is 1. The molecule has 0 saturated heterocycles. The van der Waals surface area contributed by atoms with Crippen molar-refractivity contribution in [3.63, 3.8) is 0 Å². The second kappa shape index (κ2) is 7.43. The van der Waals surface area contributed by atoms with Crippen molar-refractivity contribution >= 4 is 23.5 Å². The molecule has 1 N–H and O–H groups in total. The van der Waals surface area contributed by atoms with Gasteiger partial charge >= 0.3 is 0 Å². The van der Waals surface area contributed by atoms with Crippen LogP contribution in [-0.2, 0) is 4.79 Å². The third-order valence-electron chi connectivity index (χ3n) is 3.61. The fourth-order valence-electron chi connectivity index (χ4n) is 2.40. The van der Waals surface area contributed by atoms with Crippen LogP contribution in [0.2, 0.25) is 0 Å². The number of nitrogens with zero attached hydrogens (tertiary/aromatic N) is 3. The number of carbonyl (C=O) groups is 1. The molecule has 1 aromatic heterocycles. The maximum atomic E-state index is 12.2. The minimum Gasteiger partial charge on any atom is -0.307 e. The van der Waals surface area contributed by atoms with Gasteiger partial charge in [-0.25, -0.2) is 4.68 Å². The van der Waals surface area contributed by atoms with E-state index in [1.165, 1.54) is 18.2 Å². The summed E-state index contributed by atoms with van der Waals surface area (Å²) in [5.74, 6) is 0.243. The highest BCUT2D eigenvalue weighted by Gasteiger charge is 2.09. The van der Waals surface area contributed by atoms with Crippen LogP contribution < -0.4 is 5.32 Å². The molecule has 0 unspecified atom stereocenters. The molecule has 3 rings (SSSR count). The van der Waals surface area contributed by atoms with E-state index < -0.39 is 4.92 Å². The molecule has 2 aromatic carbocycles. The zero-order valence-corrected chi connectivity index (χ0v) is 14.0. The lowest BCUT2D eigenvalue weighted by molar-refractivity contribution is -0.384. The molecule has 7 nitrogen and oxygen atoms in total. The van der Waals surface area contributed by atoms with E-state index in [4.69, 9.17) is 0 Å². The molecule has 0 aliphatic heterocycles. The first-order valence-corrected chi connectivity index (χ1v) is 7.88. The normalized spacial score (nSPS) is 10.8. The lowest BCUT2D eigenvalue weighted by atomic mass is 10.2. The van der Waals surface area contributed by atoms with Crippen LogP contribution in [-0.4, -0.2) is 20.6 Å². The van der Waals surface area contributed by atoms with Gasteiger partial charge in [0.2, 0.25) is 5.91 Å². The molecule has 0 fully saturated rings. The number of nitro benzene ring substituents is 1. The molecule has 130 valence electrons. The van der Waals surface area contributed by atoms with E-state index in [1.807, 2.05) is 37.3 Å². The number of aromatic nitrogens is 2. The number of benzene rings is 2. The lowest BCUT2D eigenvalue weighted by Crippen LogP contribution is -2.12. The number of rotatable bonds is 5. The Balaban J connectivity index is 1.73. The molecular weight excluding hydrogens is 332 g/mol. The second-order valence-corrected chi connectivity index (χ2v) is 5.59. The van der Waals surface area contributed by atoms with E-state index in [9.17, 15) is 14.9 Å². The predicted octanol–water partition coefficient (Wildman–Crippen LogP) is 3.74. The average molecular weight is 348 g/mol. The van der Waals surface area contributed by atoms with Crippen molar-refractivity contribution in [2.45, 2.75) is 6.92 Å². The Labute approximate surface area is 149 Å². The standard InChI is InChI=1S/C19H16N4O3/c1-14-13-18(22(21-14)16-5-3-2-4-6-16)20-19(24)12-9-15-7-10-17(11-8-15)23(25)26/h2-13H,1H3,(H,20,24)/b12-9-. The predicted molar refractivity (Wildman–Crippen MR) is 99.1 cm³/mol. The molecule has 7 heteroatoms. The Morgan fingerprint density at radius 1 is 1.15 bits per heavy atom. The maximum Gasteiger partial charge on any atom is 0.269 e. The highest BCUT2D eigenvalue weighted by atomic mass is 16.6. The van der Waals surface area contributed by atoms with Crippen molar-refractivity contribution < 1.29 is 9.72 Å². The van der Waals surface area contributed by atoms with Gasteiger partial charge in [0.1, 0.15) is 5.82 Å². The summed E-state index contributed by atoms with van der Waals surface area (Å²) >= 11 is 0. The Hall–Kier alpha value is -3.74. The first kappa shape index (κ1) is 17.1. The molecule has 0 atom stereocenters. The Morgan fingerprint density at radius 3 is 2.50 bits per heavy atom. The first-order valence-electron chi connectivity index (χ1n) is 7.88. The number of carbonyl (C=O) groups excluding carboxylic acids is 1. The van der Waals surface area contributed by atoms with Gasteiger partial charge in [0.25, 0.3) is 5.69 Å². The van der Waals surface area contributed by atoms with E-state index in [0.717, 1.165) is 11.4 Å². The Morgan fingerprint density at radius 2 is 1.85 bits per heavy atom. The minimum absolute atomic E-state index is 0.00818. The number of nitro groups is 1. The summed E-state index contributed by atoms with van der Waals surface area (Å²) in [5, 5.41) is 17.8. The van der Waals surface area contributed by atoms with Crippen molar-refractivity contribution in [2.24, 2.45) is 0 Å². The van der Waals surface area contributed by atoms with Gasteiger partial charge in [0.15, 0.2) is 0 Å². The van der Waals surface area contributed by atoms with Gasteiger partial charge in [-0.15, -0.1) is 0 Å². The third kappa shape index (κ3) is 4.02. The number of nitrogens with one attached hydrogen (secondary N) is 1. The molecule has 0 radical (unpaired) electrons. The zero-order valence-electron chi connectivity index (χ0n) is 14.0. The average Bonchev–Trinajstić information content (AvgIpc) is 3.01. The van der Waals surface area contributed by atoms with E-state index in [-0.39, 0.29) is 11.6 Å². The van der Waals surface area contributed by atoms with Crippen molar-refractivity contribution in [3.05, 3.63) is 88.1 Å². The van der Waals surface area contributed by atoms with Gasteiger partial charge in [0, 0.05) is 24.3 Å². The lowest BCUT2D eigenvalue weighted by Gasteiger charge is -2.07. The van der Waals surface area contributed by atoms with E-state index >= 15 is 0 Å². The fraction of sp³-hybridized carbons (Fsp3) is 0.0526. The van der Waals surface area contributed by atoms with Gasteiger partial charge in [-0.3, -0.25) is 14.9 Å². The number of hydrogen-bond donors (Lipinski definition) is 1. The third-order valence-corrected chi connectivity index (χ3v) is 3.61. The number of aryl methyl sites for hydroxylation is 1. The maximum absolute atomic E-state index is 12.2. The summed E-state index contributed by atoms with van der Waals surface area (Å²) < 4.78 is 1.66. The van der Waals surface area contributed by atoms with Gasteiger partial charge in [-0.1, -0.05) is 18.2 Å². The number of non-ortho nitro benzene ring substituents is 1. The van der Waals surface area contributed by atoms with Crippen LogP contribution in [0.3, 0.4) is 0 Å². The quantitative estimate of drug-likeness (QED) is 0.432. The monoisotopic (exact) mass is 348 g/mol. The molecule has 0 aliphatic carbocycles. The van der Waals surface area contributed by atoms with Gasteiger partial charge in [0.05, 0.1) is 16.3 Å². The summed E-state index contributed by atoms with van der Waals surface area (Å²) in [6, 6.07) is 17.2. The molecule has 0 saturated carbocycles. The molecule has 0 spiro atoms. The summed E-state index contributed by atoms with van der Waals surface area (Å²) in [6.07, 6.45) is 2.97. The molecular formula is C19H16N4O3. The molecule has 26 heavy (non-hydrogen) atoms. The second-order valence-electron chi connectivity index (χ2n) is 5.59. The van der Waals surface area contributed by atoms with Crippen LogP contribution in [0.5, 0.6) is 0 Å². The van der Waals surface area contributed by atoms with Gasteiger partial charge < -0.3 is 5.32 Å². The van der Waals surface area contributed by atoms with Crippen LogP contribution in [0.25, 0.3) is 11.8 Å². The number of amides is 1. The van der Waals surface area contributed by atoms with Crippen molar-refractivity contribution in [1.82, 2.24) is 9.78 Å².